The summed E-state index contributed by atoms with van der Waals surface area (Å²) in [6.45, 7) is 4.00. The number of rotatable bonds is 7. The minimum atomic E-state index is -0.605. The normalized spacial score (nSPS) is 10.4. The molecule has 0 amide bonds. The Hall–Kier alpha value is -3.65. The molecule has 0 saturated heterocycles. The lowest BCUT2D eigenvalue weighted by Crippen LogP contribution is -1.96. The summed E-state index contributed by atoms with van der Waals surface area (Å²) in [5.74, 6) is 0.912. The van der Waals surface area contributed by atoms with Gasteiger partial charge in [0, 0.05) is 23.3 Å². The van der Waals surface area contributed by atoms with Crippen molar-refractivity contribution in [3.63, 3.8) is 0 Å². The molecule has 3 aromatic rings. The molecule has 2 aromatic carbocycles. The zero-order valence-corrected chi connectivity index (χ0v) is 18.3. The fourth-order valence-electron chi connectivity index (χ4n) is 2.60. The minimum Gasteiger partial charge on any atom is -0.497 e. The molecule has 0 spiro atoms. The van der Waals surface area contributed by atoms with E-state index >= 15 is 0 Å². The zero-order chi connectivity index (χ0) is 23.0. The van der Waals surface area contributed by atoms with E-state index in [-0.39, 0.29) is 22.1 Å². The number of halogens is 1. The molecule has 0 saturated carbocycles. The predicted molar refractivity (Wildman–Crippen MR) is 120 cm³/mol. The van der Waals surface area contributed by atoms with Crippen molar-refractivity contribution < 1.29 is 19.2 Å². The highest BCUT2D eigenvalue weighted by atomic mass is 35.5. The molecule has 0 atom stereocenters. The van der Waals surface area contributed by atoms with Gasteiger partial charge in [-0.1, -0.05) is 25.4 Å². The van der Waals surface area contributed by atoms with Gasteiger partial charge in [0.15, 0.2) is 5.78 Å². The Kier molecular flexibility index (Phi) is 8.33. The molecule has 0 bridgehead atoms. The summed E-state index contributed by atoms with van der Waals surface area (Å²) in [7, 11) is 3.13. The second kappa shape index (κ2) is 10.9. The van der Waals surface area contributed by atoms with Crippen molar-refractivity contribution in [3.8, 4) is 22.8 Å². The Balaban J connectivity index is 0.00000166. The van der Waals surface area contributed by atoms with Crippen LogP contribution < -0.4 is 9.47 Å². The van der Waals surface area contributed by atoms with Crippen molar-refractivity contribution in [2.45, 2.75) is 13.8 Å². The summed E-state index contributed by atoms with van der Waals surface area (Å²) in [5, 5.41) is 17.8. The van der Waals surface area contributed by atoms with Crippen LogP contribution in [0.4, 0.5) is 5.69 Å². The Labute approximate surface area is 184 Å². The third-order valence-corrected chi connectivity index (χ3v) is 4.39. The maximum absolute atomic E-state index is 12.3. The van der Waals surface area contributed by atoms with Gasteiger partial charge in [-0.3, -0.25) is 20.0 Å². The molecule has 3 rings (SSSR count). The Morgan fingerprint density at radius 2 is 1.74 bits per heavy atom. The second-order valence-corrected chi connectivity index (χ2v) is 6.34. The van der Waals surface area contributed by atoms with E-state index in [9.17, 15) is 14.9 Å². The first-order chi connectivity index (χ1) is 14.9. The highest BCUT2D eigenvalue weighted by Gasteiger charge is 2.14. The first kappa shape index (κ1) is 23.6. The van der Waals surface area contributed by atoms with E-state index in [1.54, 1.807) is 32.4 Å². The standard InChI is InChI=1S/C20H16ClN3O5.C2H6/c1-28-15-7-13(8-16(11-15)29-2)18-10-14(22-23-18)4-6-20(25)12-3-5-19(24(26)27)17(21)9-12;1-2/h3-11H,1-2H3,(H,22,23);1-2H3/b6-4+;. The second-order valence-electron chi connectivity index (χ2n) is 5.93. The number of ether oxygens (including phenoxy) is 2. The van der Waals surface area contributed by atoms with E-state index in [1.165, 1.54) is 24.3 Å². The number of nitrogens with one attached hydrogen (secondary N) is 1. The molecule has 0 unspecified atom stereocenters. The SMILES string of the molecule is CC.COc1cc(OC)cc(-c2cc(/C=C/C(=O)c3ccc([N+](=O)[O-])c(Cl)c3)[nH]n2)c1. The number of aromatic amines is 1. The van der Waals surface area contributed by atoms with Gasteiger partial charge in [-0.15, -0.1) is 0 Å². The Morgan fingerprint density at radius 3 is 2.29 bits per heavy atom. The number of aromatic nitrogens is 2. The molecular formula is C22H22ClN3O5. The third-order valence-electron chi connectivity index (χ3n) is 4.09. The van der Waals surface area contributed by atoms with Gasteiger partial charge in [-0.05, 0) is 42.5 Å². The molecule has 162 valence electrons. The van der Waals surface area contributed by atoms with Crippen molar-refractivity contribution in [2.75, 3.05) is 14.2 Å². The molecule has 31 heavy (non-hydrogen) atoms. The summed E-state index contributed by atoms with van der Waals surface area (Å²) in [4.78, 5) is 22.5. The molecule has 0 aliphatic carbocycles. The number of hydrogen-bond acceptors (Lipinski definition) is 6. The lowest BCUT2D eigenvalue weighted by atomic mass is 10.1. The van der Waals surface area contributed by atoms with Gasteiger partial charge >= 0.3 is 0 Å². The van der Waals surface area contributed by atoms with Crippen LogP contribution in [0.15, 0.2) is 48.5 Å². The highest BCUT2D eigenvalue weighted by molar-refractivity contribution is 6.33. The van der Waals surface area contributed by atoms with Crippen molar-refractivity contribution in [1.82, 2.24) is 10.2 Å². The quantitative estimate of drug-likeness (QED) is 0.221. The van der Waals surface area contributed by atoms with Gasteiger partial charge in [-0.25, -0.2) is 0 Å². The fraction of sp³-hybridized carbons (Fsp3) is 0.182. The predicted octanol–water partition coefficient (Wildman–Crippen LogP) is 5.58. The summed E-state index contributed by atoms with van der Waals surface area (Å²) in [5.41, 5.74) is 2.02. The number of nitro benzene ring substituents is 1. The van der Waals surface area contributed by atoms with E-state index < -0.39 is 4.92 Å². The van der Waals surface area contributed by atoms with Crippen LogP contribution in [-0.2, 0) is 0 Å². The largest absolute Gasteiger partial charge is 0.497 e. The van der Waals surface area contributed by atoms with Crippen LogP contribution in [0.3, 0.4) is 0 Å². The summed E-state index contributed by atoms with van der Waals surface area (Å²) >= 11 is 5.85. The number of carbonyl (C=O) groups is 1. The molecule has 1 heterocycles. The number of methoxy groups -OCH3 is 2. The van der Waals surface area contributed by atoms with Gasteiger partial charge in [-0.2, -0.15) is 5.10 Å². The minimum absolute atomic E-state index is 0.0925. The van der Waals surface area contributed by atoms with Crippen LogP contribution in [0.2, 0.25) is 5.02 Å². The van der Waals surface area contributed by atoms with Crippen LogP contribution >= 0.6 is 11.6 Å². The lowest BCUT2D eigenvalue weighted by molar-refractivity contribution is -0.384. The number of allylic oxidation sites excluding steroid dienone is 1. The number of H-pyrrole nitrogens is 1. The van der Waals surface area contributed by atoms with Crippen LogP contribution in [0, 0.1) is 10.1 Å². The monoisotopic (exact) mass is 443 g/mol. The van der Waals surface area contributed by atoms with E-state index in [2.05, 4.69) is 10.2 Å². The lowest BCUT2D eigenvalue weighted by Gasteiger charge is -2.06. The van der Waals surface area contributed by atoms with E-state index in [0.29, 0.717) is 22.9 Å². The van der Waals surface area contributed by atoms with Crippen LogP contribution in [0.25, 0.3) is 17.3 Å². The van der Waals surface area contributed by atoms with Gasteiger partial charge in [0.25, 0.3) is 5.69 Å². The highest BCUT2D eigenvalue weighted by Crippen LogP contribution is 2.29. The zero-order valence-electron chi connectivity index (χ0n) is 17.5. The average molecular weight is 444 g/mol. The van der Waals surface area contributed by atoms with E-state index in [4.69, 9.17) is 21.1 Å². The molecular weight excluding hydrogens is 422 g/mol. The van der Waals surface area contributed by atoms with Crippen molar-refractivity contribution in [2.24, 2.45) is 0 Å². The molecule has 0 aliphatic heterocycles. The van der Waals surface area contributed by atoms with Crippen LogP contribution in [0.5, 0.6) is 11.5 Å². The smallest absolute Gasteiger partial charge is 0.287 e. The number of carbonyl (C=O) groups excluding carboxylic acids is 1. The summed E-state index contributed by atoms with van der Waals surface area (Å²) in [6, 6.07) is 11.0. The number of nitro groups is 1. The Bertz CT molecular complexity index is 1090. The molecule has 8 nitrogen and oxygen atoms in total. The molecule has 9 heteroatoms. The van der Waals surface area contributed by atoms with Gasteiger partial charge < -0.3 is 9.47 Å². The van der Waals surface area contributed by atoms with Crippen LogP contribution in [-0.4, -0.2) is 35.1 Å². The van der Waals surface area contributed by atoms with E-state index in [0.717, 1.165) is 5.56 Å². The summed E-state index contributed by atoms with van der Waals surface area (Å²) in [6.07, 6.45) is 2.90. The number of benzene rings is 2. The van der Waals surface area contributed by atoms with Crippen molar-refractivity contribution >= 4 is 29.1 Å². The molecule has 0 radical (unpaired) electrons. The van der Waals surface area contributed by atoms with Gasteiger partial charge in [0.05, 0.1) is 30.5 Å². The van der Waals surface area contributed by atoms with E-state index in [1.807, 2.05) is 26.0 Å². The third kappa shape index (κ3) is 5.93. The average Bonchev–Trinajstić information content (AvgIpc) is 3.27. The first-order valence-corrected chi connectivity index (χ1v) is 9.74. The Morgan fingerprint density at radius 1 is 1.10 bits per heavy atom. The molecule has 1 N–H and O–H groups in total. The number of ketones is 1. The topological polar surface area (TPSA) is 107 Å². The number of hydrogen-bond donors (Lipinski definition) is 1. The number of nitrogens with zero attached hydrogens (tertiary/aromatic N) is 2. The van der Waals surface area contributed by atoms with Crippen molar-refractivity contribution in [1.29, 1.82) is 0 Å². The maximum Gasteiger partial charge on any atom is 0.287 e. The summed E-state index contributed by atoms with van der Waals surface area (Å²) < 4.78 is 10.5. The molecule has 1 aromatic heterocycles. The molecule has 0 aliphatic rings. The molecule has 0 fully saturated rings. The van der Waals surface area contributed by atoms with Crippen LogP contribution in [0.1, 0.15) is 29.9 Å². The van der Waals surface area contributed by atoms with Gasteiger partial charge in [0.2, 0.25) is 0 Å². The first-order valence-electron chi connectivity index (χ1n) is 9.36. The fourth-order valence-corrected chi connectivity index (χ4v) is 2.84. The van der Waals surface area contributed by atoms with Crippen molar-refractivity contribution in [3.05, 3.63) is 74.9 Å². The maximum atomic E-state index is 12.3. The van der Waals surface area contributed by atoms with Gasteiger partial charge in [0.1, 0.15) is 16.5 Å².